The predicted octanol–water partition coefficient (Wildman–Crippen LogP) is 3.42. The molecule has 0 aliphatic rings. The molecule has 2 heterocycles. The minimum absolute atomic E-state index is 0.154. The van der Waals surface area contributed by atoms with E-state index in [2.05, 4.69) is 9.97 Å². The Morgan fingerprint density at radius 1 is 1.09 bits per heavy atom. The second-order valence-corrected chi connectivity index (χ2v) is 5.74. The maximum absolute atomic E-state index is 12.6. The van der Waals surface area contributed by atoms with Gasteiger partial charge in [0.25, 0.3) is 5.91 Å². The fourth-order valence-electron chi connectivity index (χ4n) is 2.52. The van der Waals surface area contributed by atoms with Crippen LogP contribution in [0, 0.1) is 20.8 Å². The molecule has 3 rings (SSSR count). The molecule has 118 valence electrons. The number of benzene rings is 1. The molecule has 0 radical (unpaired) electrons. The van der Waals surface area contributed by atoms with Crippen LogP contribution in [0.25, 0.3) is 11.0 Å². The van der Waals surface area contributed by atoms with Crippen molar-refractivity contribution in [3.8, 4) is 0 Å². The zero-order valence-corrected chi connectivity index (χ0v) is 13.8. The van der Waals surface area contributed by atoms with E-state index in [-0.39, 0.29) is 5.91 Å². The first kappa shape index (κ1) is 15.2. The lowest BCUT2D eigenvalue weighted by molar-refractivity contribution is 0.0768. The fraction of sp³-hybridized carbons (Fsp3) is 0.278. The zero-order chi connectivity index (χ0) is 16.6. The van der Waals surface area contributed by atoms with Crippen LogP contribution >= 0.6 is 0 Å². The lowest BCUT2D eigenvalue weighted by atomic mass is 10.2. The maximum atomic E-state index is 12.6. The van der Waals surface area contributed by atoms with E-state index in [1.165, 1.54) is 0 Å². The number of fused-ring (bicyclic) bond motifs is 1. The van der Waals surface area contributed by atoms with Gasteiger partial charge in [-0.1, -0.05) is 18.2 Å². The molecule has 0 N–H and O–H groups in total. The summed E-state index contributed by atoms with van der Waals surface area (Å²) in [4.78, 5) is 23.0. The molecule has 0 saturated carbocycles. The van der Waals surface area contributed by atoms with Gasteiger partial charge in [0.15, 0.2) is 0 Å². The molecule has 0 atom stereocenters. The van der Waals surface area contributed by atoms with Crippen LogP contribution in [0.5, 0.6) is 0 Å². The van der Waals surface area contributed by atoms with Crippen molar-refractivity contribution in [1.29, 1.82) is 0 Å². The number of rotatable bonds is 3. The highest BCUT2D eigenvalue weighted by Gasteiger charge is 2.19. The number of carbonyl (C=O) groups excluding carboxylic acids is 1. The van der Waals surface area contributed by atoms with Crippen LogP contribution in [0.3, 0.4) is 0 Å². The highest BCUT2D eigenvalue weighted by molar-refractivity contribution is 5.93. The predicted molar refractivity (Wildman–Crippen MR) is 88.3 cm³/mol. The molecule has 0 fully saturated rings. The number of hydrogen-bond acceptors (Lipinski definition) is 4. The van der Waals surface area contributed by atoms with Gasteiger partial charge in [-0.05, 0) is 32.9 Å². The summed E-state index contributed by atoms with van der Waals surface area (Å²) in [6.45, 7) is 5.95. The molecule has 0 saturated heterocycles. The van der Waals surface area contributed by atoms with E-state index >= 15 is 0 Å². The van der Waals surface area contributed by atoms with Crippen LogP contribution in [-0.2, 0) is 6.54 Å². The van der Waals surface area contributed by atoms with Crippen molar-refractivity contribution in [1.82, 2.24) is 14.9 Å². The zero-order valence-electron chi connectivity index (χ0n) is 13.8. The number of carbonyl (C=O) groups is 1. The number of amides is 1. The van der Waals surface area contributed by atoms with Crippen molar-refractivity contribution in [2.45, 2.75) is 27.3 Å². The minimum atomic E-state index is -0.154. The largest absolute Gasteiger partial charge is 0.459 e. The molecule has 5 nitrogen and oxygen atoms in total. The Hall–Kier alpha value is -2.69. The fourth-order valence-corrected chi connectivity index (χ4v) is 2.52. The van der Waals surface area contributed by atoms with Crippen molar-refractivity contribution in [2.75, 3.05) is 7.05 Å². The first-order valence-corrected chi connectivity index (χ1v) is 7.50. The molecule has 0 aliphatic heterocycles. The second kappa shape index (κ2) is 5.83. The number of aryl methyl sites for hydroxylation is 3. The first-order valence-electron chi connectivity index (χ1n) is 7.50. The Kier molecular flexibility index (Phi) is 3.86. The van der Waals surface area contributed by atoms with E-state index < -0.39 is 0 Å². The van der Waals surface area contributed by atoms with Crippen LogP contribution < -0.4 is 0 Å². The van der Waals surface area contributed by atoms with Crippen LogP contribution in [0.2, 0.25) is 0 Å². The smallest absolute Gasteiger partial charge is 0.274 e. The van der Waals surface area contributed by atoms with Crippen molar-refractivity contribution in [3.05, 3.63) is 58.9 Å². The Morgan fingerprint density at radius 2 is 1.78 bits per heavy atom. The highest BCUT2D eigenvalue weighted by atomic mass is 16.3. The summed E-state index contributed by atoms with van der Waals surface area (Å²) in [6.07, 6.45) is 0. The number of hydrogen-bond donors (Lipinski definition) is 0. The monoisotopic (exact) mass is 309 g/mol. The number of furan rings is 1. The molecule has 0 spiro atoms. The average molecular weight is 309 g/mol. The molecule has 23 heavy (non-hydrogen) atoms. The van der Waals surface area contributed by atoms with E-state index in [4.69, 9.17) is 4.42 Å². The molecule has 0 unspecified atom stereocenters. The first-order chi connectivity index (χ1) is 11.0. The Labute approximate surface area is 135 Å². The SMILES string of the molecule is Cc1nc(C)c(C(=O)N(C)Cc2cc3ccccc3o2)nc1C. The molecule has 2 aromatic heterocycles. The van der Waals surface area contributed by atoms with Gasteiger partial charge in [0, 0.05) is 12.4 Å². The number of para-hydroxylation sites is 1. The topological polar surface area (TPSA) is 59.2 Å². The third kappa shape index (κ3) is 2.95. The van der Waals surface area contributed by atoms with E-state index in [1.807, 2.05) is 51.1 Å². The third-order valence-electron chi connectivity index (χ3n) is 3.90. The van der Waals surface area contributed by atoms with Gasteiger partial charge in [-0.25, -0.2) is 4.98 Å². The molecular weight excluding hydrogens is 290 g/mol. The van der Waals surface area contributed by atoms with Crippen molar-refractivity contribution in [2.24, 2.45) is 0 Å². The van der Waals surface area contributed by atoms with E-state index in [1.54, 1.807) is 11.9 Å². The third-order valence-corrected chi connectivity index (χ3v) is 3.90. The summed E-state index contributed by atoms with van der Waals surface area (Å²) in [7, 11) is 1.74. The van der Waals surface area contributed by atoms with Gasteiger partial charge in [-0.15, -0.1) is 0 Å². The standard InChI is InChI=1S/C18H19N3O2/c1-11-12(2)20-17(13(3)19-11)18(22)21(4)10-15-9-14-7-5-6-8-16(14)23-15/h5-9H,10H2,1-4H3. The molecule has 1 aromatic carbocycles. The van der Waals surface area contributed by atoms with Gasteiger partial charge in [-0.3, -0.25) is 9.78 Å². The quantitative estimate of drug-likeness (QED) is 0.744. The average Bonchev–Trinajstić information content (AvgIpc) is 2.92. The van der Waals surface area contributed by atoms with Crippen molar-refractivity contribution >= 4 is 16.9 Å². The molecule has 3 aromatic rings. The Balaban J connectivity index is 1.83. The van der Waals surface area contributed by atoms with Crippen LogP contribution in [0.1, 0.15) is 33.3 Å². The van der Waals surface area contributed by atoms with Crippen LogP contribution in [0.4, 0.5) is 0 Å². The highest BCUT2D eigenvalue weighted by Crippen LogP contribution is 2.20. The molecule has 5 heteroatoms. The minimum Gasteiger partial charge on any atom is -0.459 e. The maximum Gasteiger partial charge on any atom is 0.274 e. The normalized spacial score (nSPS) is 11.0. The summed E-state index contributed by atoms with van der Waals surface area (Å²) < 4.78 is 5.77. The van der Waals surface area contributed by atoms with E-state index in [9.17, 15) is 4.79 Å². The van der Waals surface area contributed by atoms with E-state index in [0.717, 1.165) is 28.1 Å². The lowest BCUT2D eigenvalue weighted by Crippen LogP contribution is -2.28. The van der Waals surface area contributed by atoms with E-state index in [0.29, 0.717) is 17.9 Å². The summed E-state index contributed by atoms with van der Waals surface area (Å²) in [5, 5.41) is 1.03. The van der Waals surface area contributed by atoms with Crippen LogP contribution in [0.15, 0.2) is 34.7 Å². The molecule has 1 amide bonds. The van der Waals surface area contributed by atoms with Gasteiger partial charge in [0.2, 0.25) is 0 Å². The van der Waals surface area contributed by atoms with Gasteiger partial charge < -0.3 is 9.32 Å². The molecule has 0 bridgehead atoms. The number of aromatic nitrogens is 2. The lowest BCUT2D eigenvalue weighted by Gasteiger charge is -2.16. The molecular formula is C18H19N3O2. The second-order valence-electron chi connectivity index (χ2n) is 5.74. The summed E-state index contributed by atoms with van der Waals surface area (Å²) in [5.41, 5.74) is 3.49. The van der Waals surface area contributed by atoms with Gasteiger partial charge in [0.05, 0.1) is 23.6 Å². The Bertz CT molecular complexity index is 850. The van der Waals surface area contributed by atoms with Crippen molar-refractivity contribution in [3.63, 3.8) is 0 Å². The van der Waals surface area contributed by atoms with Gasteiger partial charge in [0.1, 0.15) is 17.0 Å². The van der Waals surface area contributed by atoms with Gasteiger partial charge in [-0.2, -0.15) is 0 Å². The Morgan fingerprint density at radius 3 is 2.52 bits per heavy atom. The van der Waals surface area contributed by atoms with Crippen LogP contribution in [-0.4, -0.2) is 27.8 Å². The summed E-state index contributed by atoms with van der Waals surface area (Å²) in [6, 6.07) is 9.75. The summed E-state index contributed by atoms with van der Waals surface area (Å²) in [5.74, 6) is 0.593. The summed E-state index contributed by atoms with van der Waals surface area (Å²) >= 11 is 0. The molecule has 0 aliphatic carbocycles. The van der Waals surface area contributed by atoms with Gasteiger partial charge >= 0.3 is 0 Å². The number of nitrogens with zero attached hydrogens (tertiary/aromatic N) is 3. The van der Waals surface area contributed by atoms with Crippen molar-refractivity contribution < 1.29 is 9.21 Å².